The van der Waals surface area contributed by atoms with Crippen LogP contribution in [0, 0.1) is 0 Å². The lowest BCUT2D eigenvalue weighted by Gasteiger charge is -2.27. The van der Waals surface area contributed by atoms with Gasteiger partial charge in [0.25, 0.3) is 0 Å². The molecular weight excluding hydrogens is 340 g/mol. The first kappa shape index (κ1) is 28.4. The van der Waals surface area contributed by atoms with Gasteiger partial charge in [-0.3, -0.25) is 5.73 Å². The van der Waals surface area contributed by atoms with E-state index in [-0.39, 0.29) is 12.2 Å². The zero-order valence-corrected chi connectivity index (χ0v) is 14.7. The number of carboxylic acids is 2. The second-order valence-electron chi connectivity index (χ2n) is 5.13. The average molecular weight is 372 g/mol. The summed E-state index contributed by atoms with van der Waals surface area (Å²) in [4.78, 5) is 19.9. The van der Waals surface area contributed by atoms with Crippen LogP contribution in [0.3, 0.4) is 0 Å². The van der Waals surface area contributed by atoms with Crippen LogP contribution in [0.2, 0.25) is 0 Å². The Kier molecular flexibility index (Phi) is 18.3. The molecule has 0 spiro atoms. The second-order valence-corrected chi connectivity index (χ2v) is 5.13. The van der Waals surface area contributed by atoms with E-state index in [4.69, 9.17) is 31.9 Å². The van der Waals surface area contributed by atoms with E-state index in [9.17, 15) is 19.8 Å². The summed E-state index contributed by atoms with van der Waals surface area (Å²) in [7, 11) is 1.91. The molecule has 13 N–H and O–H groups in total. The number of likely N-dealkylation sites (N-methyl/N-ethyl adjacent to an activating group) is 1. The van der Waals surface area contributed by atoms with Gasteiger partial charge in [0.2, 0.25) is 0 Å². The van der Waals surface area contributed by atoms with E-state index >= 15 is 0 Å². The highest BCUT2D eigenvalue weighted by atomic mass is 16.4. The summed E-state index contributed by atoms with van der Waals surface area (Å²) in [6.45, 7) is 5.08. The fourth-order valence-corrected chi connectivity index (χ4v) is 0.956. The summed E-state index contributed by atoms with van der Waals surface area (Å²) in [5, 5.41) is 56.6. The Hall–Kier alpha value is -1.38. The van der Waals surface area contributed by atoms with Gasteiger partial charge in [-0.15, -0.1) is 0 Å². The summed E-state index contributed by atoms with van der Waals surface area (Å²) in [5.74, 6) is -4.22. The molecule has 6 atom stereocenters. The van der Waals surface area contributed by atoms with Crippen LogP contribution in [0.4, 0.5) is 0 Å². The number of quaternary nitrogens is 2. The maximum atomic E-state index is 9.96. The Labute approximate surface area is 146 Å². The van der Waals surface area contributed by atoms with Gasteiger partial charge in [-0.25, -0.2) is 0 Å². The molecule has 0 aromatic carbocycles. The Balaban J connectivity index is -0.000000365. The highest BCUT2D eigenvalue weighted by Gasteiger charge is 2.31. The van der Waals surface area contributed by atoms with Gasteiger partial charge in [0.05, 0.1) is 31.6 Å². The summed E-state index contributed by atoms with van der Waals surface area (Å²) >= 11 is 0. The predicted molar refractivity (Wildman–Crippen MR) is 81.6 cm³/mol. The Morgan fingerprint density at radius 2 is 1.32 bits per heavy atom. The van der Waals surface area contributed by atoms with Crippen LogP contribution in [0.5, 0.6) is 0 Å². The van der Waals surface area contributed by atoms with Gasteiger partial charge < -0.3 is 57.0 Å². The van der Waals surface area contributed by atoms with E-state index < -0.39 is 36.4 Å². The molecule has 152 valence electrons. The molecule has 0 aromatic rings. The standard InChI is InChI=1S/C6H10O8.C4H13N3.C3H9N/c7-1(3(9)5(11)12)2(8)4(10)6(13)14;1-3(5)4(6)7-2;1-2-3-4/h1-4,7-10H,(H,11,12)(H,13,14);3-4,7H,5-6H2,1-2H3;2-4H2,1H3. The number of aliphatic hydroxyl groups excluding tert-OH is 4. The van der Waals surface area contributed by atoms with Gasteiger partial charge in [-0.2, -0.15) is 0 Å². The van der Waals surface area contributed by atoms with E-state index in [1.165, 1.54) is 6.42 Å². The SMILES string of the molecule is CCC[NH3+].C[NH2+]C(N)C(C)N.O=C([O-])C(O)C(O)C(O)C(O)C(=O)[O-]. The number of aliphatic carboxylic acids is 2. The molecule has 0 radical (unpaired) electrons. The molecule has 0 bridgehead atoms. The number of rotatable bonds is 8. The molecule has 0 aliphatic heterocycles. The molecule has 6 unspecified atom stereocenters. The highest BCUT2D eigenvalue weighted by molar-refractivity contribution is 5.72. The maximum Gasteiger partial charge on any atom is 0.152 e. The molecule has 0 aliphatic rings. The molecule has 0 saturated carbocycles. The van der Waals surface area contributed by atoms with Crippen LogP contribution < -0.4 is 32.7 Å². The molecule has 0 rings (SSSR count). The third kappa shape index (κ3) is 14.7. The van der Waals surface area contributed by atoms with E-state index in [1.54, 1.807) is 0 Å². The Bertz CT molecular complexity index is 333. The monoisotopic (exact) mass is 372 g/mol. The minimum Gasteiger partial charge on any atom is -0.547 e. The third-order valence-corrected chi connectivity index (χ3v) is 2.83. The Morgan fingerprint density at radius 3 is 1.40 bits per heavy atom. The van der Waals surface area contributed by atoms with Gasteiger partial charge in [0, 0.05) is 0 Å². The third-order valence-electron chi connectivity index (χ3n) is 2.83. The van der Waals surface area contributed by atoms with Crippen LogP contribution in [0.15, 0.2) is 0 Å². The molecular formula is C13H32N4O8. The lowest BCUT2D eigenvalue weighted by atomic mass is 10.0. The van der Waals surface area contributed by atoms with Crippen molar-refractivity contribution in [3.05, 3.63) is 0 Å². The summed E-state index contributed by atoms with van der Waals surface area (Å²) in [6, 6.07) is 0.0880. The molecule has 0 amide bonds. The second kappa shape index (κ2) is 16.1. The molecule has 0 fully saturated rings. The number of nitrogens with two attached hydrogens (primary N) is 3. The first-order chi connectivity index (χ1) is 11.4. The largest absolute Gasteiger partial charge is 0.547 e. The van der Waals surface area contributed by atoms with Gasteiger partial charge in [0.15, 0.2) is 6.17 Å². The Morgan fingerprint density at radius 1 is 1.04 bits per heavy atom. The number of carbonyl (C=O) groups excluding carboxylic acids is 2. The molecule has 0 aliphatic carbocycles. The zero-order valence-electron chi connectivity index (χ0n) is 14.7. The topological polar surface area (TPSA) is 257 Å². The van der Waals surface area contributed by atoms with E-state index in [0.717, 1.165) is 6.54 Å². The summed E-state index contributed by atoms with van der Waals surface area (Å²) in [5.41, 5.74) is 14.4. The lowest BCUT2D eigenvalue weighted by molar-refractivity contribution is -0.664. The van der Waals surface area contributed by atoms with Crippen LogP contribution in [0.25, 0.3) is 0 Å². The minimum atomic E-state index is -2.50. The van der Waals surface area contributed by atoms with Gasteiger partial charge in [0.1, 0.15) is 24.4 Å². The van der Waals surface area contributed by atoms with E-state index in [2.05, 4.69) is 12.7 Å². The number of carbonyl (C=O) groups is 2. The summed E-state index contributed by atoms with van der Waals surface area (Å²) < 4.78 is 0. The highest BCUT2D eigenvalue weighted by Crippen LogP contribution is 2.04. The van der Waals surface area contributed by atoms with Gasteiger partial charge in [-0.1, -0.05) is 6.92 Å². The number of hydrogen-bond acceptors (Lipinski definition) is 10. The minimum absolute atomic E-state index is 0.0556. The number of hydrogen-bond donors (Lipinski definition) is 8. The summed E-state index contributed by atoms with van der Waals surface area (Å²) in [6.07, 6.45) is -8.50. The van der Waals surface area contributed by atoms with Crippen molar-refractivity contribution in [2.45, 2.75) is 56.9 Å². The van der Waals surface area contributed by atoms with Crippen LogP contribution in [0.1, 0.15) is 20.3 Å². The maximum absolute atomic E-state index is 9.96. The lowest BCUT2D eigenvalue weighted by Crippen LogP contribution is -2.92. The normalized spacial score (nSPS) is 17.4. The fraction of sp³-hybridized carbons (Fsp3) is 0.846. The van der Waals surface area contributed by atoms with Crippen LogP contribution in [-0.4, -0.2) is 82.6 Å². The average Bonchev–Trinajstić information content (AvgIpc) is 2.58. The van der Waals surface area contributed by atoms with Crippen LogP contribution >= 0.6 is 0 Å². The van der Waals surface area contributed by atoms with E-state index in [0.29, 0.717) is 0 Å². The zero-order chi connectivity index (χ0) is 20.7. The van der Waals surface area contributed by atoms with Crippen molar-refractivity contribution >= 4 is 11.9 Å². The van der Waals surface area contributed by atoms with Crippen molar-refractivity contribution in [2.24, 2.45) is 11.5 Å². The molecule has 0 aromatic heterocycles. The fourth-order valence-electron chi connectivity index (χ4n) is 0.956. The van der Waals surface area contributed by atoms with Crippen molar-refractivity contribution < 1.29 is 51.3 Å². The van der Waals surface area contributed by atoms with E-state index in [1.807, 2.05) is 19.3 Å². The van der Waals surface area contributed by atoms with Gasteiger partial charge >= 0.3 is 0 Å². The van der Waals surface area contributed by atoms with Crippen molar-refractivity contribution in [3.8, 4) is 0 Å². The number of carboxylic acid groups (broad SMARTS) is 2. The quantitative estimate of drug-likeness (QED) is 0.186. The molecule has 0 heterocycles. The molecule has 12 nitrogen and oxygen atoms in total. The van der Waals surface area contributed by atoms with Crippen molar-refractivity contribution in [3.63, 3.8) is 0 Å². The van der Waals surface area contributed by atoms with Crippen molar-refractivity contribution in [1.29, 1.82) is 0 Å². The number of aliphatic hydroxyl groups is 4. The van der Waals surface area contributed by atoms with Crippen molar-refractivity contribution in [1.82, 2.24) is 0 Å². The first-order valence-corrected chi connectivity index (χ1v) is 7.62. The van der Waals surface area contributed by atoms with Crippen molar-refractivity contribution in [2.75, 3.05) is 13.6 Å². The van der Waals surface area contributed by atoms with Gasteiger partial charge in [-0.05, 0) is 13.3 Å². The first-order valence-electron chi connectivity index (χ1n) is 7.62. The predicted octanol–water partition coefficient (Wildman–Crippen LogP) is -8.62. The molecule has 25 heavy (non-hydrogen) atoms. The van der Waals surface area contributed by atoms with Crippen LogP contribution in [-0.2, 0) is 9.59 Å². The smallest absolute Gasteiger partial charge is 0.152 e. The molecule has 12 heteroatoms. The molecule has 0 saturated heterocycles.